The van der Waals surface area contributed by atoms with Gasteiger partial charge in [0, 0.05) is 10.2 Å². The monoisotopic (exact) mass is 714 g/mol. The van der Waals surface area contributed by atoms with Crippen molar-refractivity contribution in [3.05, 3.63) is 63.6 Å². The highest BCUT2D eigenvalue weighted by Gasteiger charge is 2.34. The van der Waals surface area contributed by atoms with Crippen molar-refractivity contribution in [3.8, 4) is 0 Å². The lowest BCUT2D eigenvalue weighted by Crippen LogP contribution is -2.41. The predicted molar refractivity (Wildman–Crippen MR) is 160 cm³/mol. The third kappa shape index (κ3) is 17.4. The lowest BCUT2D eigenvalue weighted by atomic mass is 9.86. The van der Waals surface area contributed by atoms with E-state index in [1.54, 1.807) is 41.5 Å². The second-order valence-corrected chi connectivity index (χ2v) is 11.8. The maximum atomic E-state index is 13.2. The number of rotatable bonds is 4. The highest BCUT2D eigenvalue weighted by molar-refractivity contribution is 9.10. The lowest BCUT2D eigenvalue weighted by Gasteiger charge is -2.28. The van der Waals surface area contributed by atoms with E-state index >= 15 is 0 Å². The van der Waals surface area contributed by atoms with Gasteiger partial charge in [0.2, 0.25) is 0 Å². The summed E-state index contributed by atoms with van der Waals surface area (Å²) in [6.07, 6.45) is -9.19. The summed E-state index contributed by atoms with van der Waals surface area (Å²) < 4.78 is 99.3. The van der Waals surface area contributed by atoms with E-state index in [9.17, 15) is 44.7 Å². The third-order valence-corrected chi connectivity index (χ3v) is 5.50. The standard InChI is InChI=1S/C13H15F4NO2.C7H3BrF4.C6H13NO2.3CH4/c1-12(2,3)10(11(19)20)18-9-5-7(13(15,16)17)4-8(14)6-9;8-5-1-4(7(10,11)12)2-6(9)3-5;1-6(2,3)4(7)5(8)9;;;/h4-6,10,18H,1-3H3,(H,19,20);1-3H;4H,7H2,1-3H3,(H,8,9);3*1H4/t10-;;4-;;;/m1.1.../s1. The number of carbonyl (C=O) groups is 2. The number of nitrogens with two attached hydrogens (primary N) is 1. The van der Waals surface area contributed by atoms with Crippen LogP contribution < -0.4 is 11.1 Å². The van der Waals surface area contributed by atoms with Crippen LogP contribution in [0.1, 0.15) is 74.9 Å². The summed E-state index contributed by atoms with van der Waals surface area (Å²) in [7, 11) is 0. The molecule has 0 heterocycles. The van der Waals surface area contributed by atoms with Crippen molar-refractivity contribution in [2.24, 2.45) is 16.6 Å². The van der Waals surface area contributed by atoms with Gasteiger partial charge >= 0.3 is 24.3 Å². The molecule has 0 aliphatic rings. The molecule has 0 fully saturated rings. The van der Waals surface area contributed by atoms with Crippen molar-refractivity contribution < 1.29 is 54.9 Å². The van der Waals surface area contributed by atoms with Crippen LogP contribution in [-0.4, -0.2) is 34.2 Å². The maximum absolute atomic E-state index is 13.2. The average molecular weight is 716 g/mol. The molecule has 44 heavy (non-hydrogen) atoms. The van der Waals surface area contributed by atoms with Crippen LogP contribution in [0.2, 0.25) is 0 Å². The van der Waals surface area contributed by atoms with Gasteiger partial charge in [-0.2, -0.15) is 26.3 Å². The zero-order valence-electron chi connectivity index (χ0n) is 22.8. The smallest absolute Gasteiger partial charge is 0.416 e. The second kappa shape index (κ2) is 18.1. The van der Waals surface area contributed by atoms with Crippen molar-refractivity contribution >= 4 is 33.6 Å². The Morgan fingerprint density at radius 3 is 1.36 bits per heavy atom. The zero-order valence-corrected chi connectivity index (χ0v) is 24.4. The van der Waals surface area contributed by atoms with Gasteiger partial charge in [-0.25, -0.2) is 13.6 Å². The number of halogens is 9. The number of alkyl halides is 6. The van der Waals surface area contributed by atoms with Crippen LogP contribution in [0, 0.1) is 22.5 Å². The molecule has 0 saturated carbocycles. The molecule has 0 bridgehead atoms. The van der Waals surface area contributed by atoms with E-state index in [1.807, 2.05) is 0 Å². The summed E-state index contributed by atoms with van der Waals surface area (Å²) in [6, 6.07) is 2.20. The lowest BCUT2D eigenvalue weighted by molar-refractivity contribution is -0.141. The van der Waals surface area contributed by atoms with Crippen LogP contribution in [0.15, 0.2) is 40.9 Å². The van der Waals surface area contributed by atoms with Crippen molar-refractivity contribution in [3.63, 3.8) is 0 Å². The molecule has 0 aliphatic carbocycles. The van der Waals surface area contributed by atoms with Crippen LogP contribution in [0.25, 0.3) is 0 Å². The Balaban J connectivity index is -0.000000287. The Hall–Kier alpha value is -2.94. The fourth-order valence-electron chi connectivity index (χ4n) is 2.74. The van der Waals surface area contributed by atoms with Gasteiger partial charge in [0.05, 0.1) is 11.1 Å². The molecule has 2 rings (SSSR count). The van der Waals surface area contributed by atoms with Gasteiger partial charge in [0.15, 0.2) is 0 Å². The number of hydrogen-bond acceptors (Lipinski definition) is 4. The van der Waals surface area contributed by atoms with Gasteiger partial charge in [0.1, 0.15) is 23.7 Å². The molecule has 0 spiro atoms. The molecule has 2 aromatic rings. The molecule has 0 unspecified atom stereocenters. The van der Waals surface area contributed by atoms with E-state index in [2.05, 4.69) is 21.2 Å². The largest absolute Gasteiger partial charge is 0.480 e. The van der Waals surface area contributed by atoms with Gasteiger partial charge < -0.3 is 21.3 Å². The van der Waals surface area contributed by atoms with Gasteiger partial charge in [-0.05, 0) is 47.2 Å². The van der Waals surface area contributed by atoms with Crippen molar-refractivity contribution in [1.29, 1.82) is 0 Å². The van der Waals surface area contributed by atoms with Gasteiger partial charge in [-0.15, -0.1) is 0 Å². The Bertz CT molecular complexity index is 1170. The molecule has 0 saturated heterocycles. The number of carboxylic acids is 2. The van der Waals surface area contributed by atoms with E-state index in [-0.39, 0.29) is 37.9 Å². The minimum Gasteiger partial charge on any atom is -0.480 e. The van der Waals surface area contributed by atoms with E-state index in [0.29, 0.717) is 18.2 Å². The van der Waals surface area contributed by atoms with Crippen molar-refractivity contribution in [1.82, 2.24) is 0 Å². The second-order valence-electron chi connectivity index (χ2n) is 10.8. The van der Waals surface area contributed by atoms with Crippen LogP contribution in [0.4, 0.5) is 40.8 Å². The maximum Gasteiger partial charge on any atom is 0.416 e. The molecule has 0 amide bonds. The number of nitrogens with one attached hydrogen (secondary N) is 1. The first-order valence-electron chi connectivity index (χ1n) is 11.5. The SMILES string of the molecule is C.C.C.CC(C)(C)[C@H](N)C(=O)O.CC(C)(C)[C@H](Nc1cc(F)cc(C(F)(F)F)c1)C(=O)O.Fc1cc(Br)cc(C(F)(F)F)c1. The topological polar surface area (TPSA) is 113 Å². The fourth-order valence-corrected chi connectivity index (χ4v) is 3.21. The van der Waals surface area contributed by atoms with E-state index in [4.69, 9.17) is 15.9 Å². The van der Waals surface area contributed by atoms with Crippen LogP contribution in [0.3, 0.4) is 0 Å². The summed E-state index contributed by atoms with van der Waals surface area (Å²) in [6.45, 7) is 10.2. The number of aliphatic carboxylic acids is 2. The molecule has 0 aliphatic heterocycles. The van der Waals surface area contributed by atoms with Gasteiger partial charge in [0.25, 0.3) is 0 Å². The van der Waals surface area contributed by atoms with Crippen LogP contribution in [0.5, 0.6) is 0 Å². The summed E-state index contributed by atoms with van der Waals surface area (Å²) in [5, 5.41) is 19.9. The first-order valence-corrected chi connectivity index (χ1v) is 12.3. The highest BCUT2D eigenvalue weighted by Crippen LogP contribution is 2.33. The van der Waals surface area contributed by atoms with E-state index < -0.39 is 64.6 Å². The first-order chi connectivity index (χ1) is 18.2. The van der Waals surface area contributed by atoms with Gasteiger partial charge in [-0.1, -0.05) is 79.8 Å². The summed E-state index contributed by atoms with van der Waals surface area (Å²) in [5.74, 6) is -4.16. The molecule has 15 heteroatoms. The summed E-state index contributed by atoms with van der Waals surface area (Å²) >= 11 is 2.77. The van der Waals surface area contributed by atoms with Crippen LogP contribution >= 0.6 is 15.9 Å². The first kappa shape index (κ1) is 48.0. The van der Waals surface area contributed by atoms with Gasteiger partial charge in [-0.3, -0.25) is 4.79 Å². The third-order valence-electron chi connectivity index (χ3n) is 5.04. The van der Waals surface area contributed by atoms with Crippen LogP contribution in [-0.2, 0) is 21.9 Å². The minimum atomic E-state index is -4.70. The minimum absolute atomic E-state index is 0. The van der Waals surface area contributed by atoms with Crippen molar-refractivity contribution in [2.75, 3.05) is 5.32 Å². The summed E-state index contributed by atoms with van der Waals surface area (Å²) in [4.78, 5) is 21.4. The number of anilines is 1. The Morgan fingerprint density at radius 1 is 0.705 bits per heavy atom. The molecule has 256 valence electrons. The Labute approximate surface area is 262 Å². The Kier molecular flexibility index (Phi) is 19.8. The molecule has 2 aromatic carbocycles. The van der Waals surface area contributed by atoms with Crippen molar-refractivity contribution in [2.45, 2.75) is 88.3 Å². The predicted octanol–water partition coefficient (Wildman–Crippen LogP) is 9.72. The summed E-state index contributed by atoms with van der Waals surface area (Å²) in [5.41, 5.74) is 1.82. The molecular formula is C29H43BrF8N2O4. The number of benzene rings is 2. The zero-order chi connectivity index (χ0) is 32.7. The molecule has 6 nitrogen and oxygen atoms in total. The highest BCUT2D eigenvalue weighted by atomic mass is 79.9. The normalized spacial score (nSPS) is 12.6. The van der Waals surface area contributed by atoms with E-state index in [0.717, 1.165) is 18.2 Å². The molecule has 2 atom stereocenters. The fraction of sp³-hybridized carbons (Fsp3) is 0.517. The average Bonchev–Trinajstić information content (AvgIpc) is 2.74. The molecule has 0 radical (unpaired) electrons. The number of carboxylic acid groups (broad SMARTS) is 2. The molecule has 0 aromatic heterocycles. The Morgan fingerprint density at radius 2 is 1.09 bits per heavy atom. The molecule has 5 N–H and O–H groups in total. The quantitative estimate of drug-likeness (QED) is 0.235. The van der Waals surface area contributed by atoms with E-state index in [1.165, 1.54) is 0 Å². The number of hydrogen-bond donors (Lipinski definition) is 4. The molecular weight excluding hydrogens is 672 g/mol.